The maximum atomic E-state index is 13.0. The van der Waals surface area contributed by atoms with Crippen LogP contribution in [0.2, 0.25) is 0 Å². The lowest BCUT2D eigenvalue weighted by molar-refractivity contribution is -0.137. The summed E-state index contributed by atoms with van der Waals surface area (Å²) in [6, 6.07) is 16.1. The van der Waals surface area contributed by atoms with Crippen LogP contribution in [0.4, 0.5) is 18.9 Å². The highest BCUT2D eigenvalue weighted by Crippen LogP contribution is 2.40. The molecule has 34 heavy (non-hydrogen) atoms. The molecule has 0 radical (unpaired) electrons. The molecule has 3 rings (SSSR count). The molecule has 3 unspecified atom stereocenters. The van der Waals surface area contributed by atoms with Gasteiger partial charge in [0.2, 0.25) is 0 Å². The highest BCUT2D eigenvalue weighted by molar-refractivity contribution is 5.56. The summed E-state index contributed by atoms with van der Waals surface area (Å²) >= 11 is 0. The second-order valence-corrected chi connectivity index (χ2v) is 9.33. The minimum Gasteiger partial charge on any atom is -0.385 e. The molecule has 1 heterocycles. The molecule has 1 aliphatic heterocycles. The molecule has 0 bridgehead atoms. The number of unbranched alkanes of at least 4 members (excludes halogenated alkanes) is 1. The number of halogens is 3. The van der Waals surface area contributed by atoms with Gasteiger partial charge in [0.15, 0.2) is 0 Å². The summed E-state index contributed by atoms with van der Waals surface area (Å²) in [5.74, 6) is 1.09. The lowest BCUT2D eigenvalue weighted by atomic mass is 9.79. The Kier molecular flexibility index (Phi) is 12.5. The van der Waals surface area contributed by atoms with Crippen LogP contribution in [0.15, 0.2) is 54.6 Å². The van der Waals surface area contributed by atoms with Crippen molar-refractivity contribution in [2.45, 2.75) is 58.5 Å². The predicted octanol–water partition coefficient (Wildman–Crippen LogP) is 6.93. The molecular weight excluding hydrogens is 435 g/mol. The van der Waals surface area contributed by atoms with Crippen molar-refractivity contribution in [3.8, 4) is 0 Å². The molecule has 6 heteroatoms. The van der Waals surface area contributed by atoms with Crippen LogP contribution in [0.5, 0.6) is 0 Å². The van der Waals surface area contributed by atoms with Gasteiger partial charge in [-0.05, 0) is 93.4 Å². The van der Waals surface area contributed by atoms with E-state index in [9.17, 15) is 13.2 Å². The van der Waals surface area contributed by atoms with Crippen molar-refractivity contribution < 1.29 is 13.2 Å². The predicted molar refractivity (Wildman–Crippen MR) is 137 cm³/mol. The first-order valence-corrected chi connectivity index (χ1v) is 12.7. The normalized spacial score (nSPS) is 18.3. The van der Waals surface area contributed by atoms with Gasteiger partial charge in [0.25, 0.3) is 0 Å². The van der Waals surface area contributed by atoms with Gasteiger partial charge in [0, 0.05) is 12.2 Å². The Morgan fingerprint density at radius 3 is 2.21 bits per heavy atom. The summed E-state index contributed by atoms with van der Waals surface area (Å²) in [4.78, 5) is 0. The van der Waals surface area contributed by atoms with Gasteiger partial charge < -0.3 is 16.0 Å². The molecule has 0 fully saturated rings. The third-order valence-electron chi connectivity index (χ3n) is 6.53. The molecule has 3 atom stereocenters. The summed E-state index contributed by atoms with van der Waals surface area (Å²) in [6.45, 7) is 11.4. The van der Waals surface area contributed by atoms with Gasteiger partial charge >= 0.3 is 6.18 Å². The van der Waals surface area contributed by atoms with Crippen LogP contribution in [-0.4, -0.2) is 32.7 Å². The summed E-state index contributed by atoms with van der Waals surface area (Å²) in [6.07, 6.45) is 0.221. The van der Waals surface area contributed by atoms with Gasteiger partial charge in [0.1, 0.15) is 0 Å². The first kappa shape index (κ1) is 28.2. The average Bonchev–Trinajstić information content (AvgIpc) is 2.84. The second-order valence-electron chi connectivity index (χ2n) is 9.33. The largest absolute Gasteiger partial charge is 0.416 e. The zero-order valence-electron chi connectivity index (χ0n) is 20.9. The average molecular weight is 478 g/mol. The summed E-state index contributed by atoms with van der Waals surface area (Å²) in [7, 11) is 0. The van der Waals surface area contributed by atoms with Crippen molar-refractivity contribution in [1.82, 2.24) is 10.6 Å². The number of fused-ring (bicyclic) bond motifs is 1. The highest BCUT2D eigenvalue weighted by atomic mass is 19.4. The van der Waals surface area contributed by atoms with E-state index in [0.717, 1.165) is 56.8 Å². The molecule has 190 valence electrons. The molecule has 0 aromatic heterocycles. The van der Waals surface area contributed by atoms with E-state index in [1.54, 1.807) is 6.07 Å². The SMILES string of the molecule is CCNCCCCNCC(C)CCC1CNc2ccc(C(F)(F)F)cc2C1C.c1ccccc1. The quantitative estimate of drug-likeness (QED) is 0.307. The Hall–Kier alpha value is -2.05. The molecule has 3 N–H and O–H groups in total. The van der Waals surface area contributed by atoms with Gasteiger partial charge in [0.05, 0.1) is 5.56 Å². The first-order chi connectivity index (χ1) is 16.3. The lowest BCUT2D eigenvalue weighted by Gasteiger charge is -2.33. The van der Waals surface area contributed by atoms with Crippen LogP contribution in [0.3, 0.4) is 0 Å². The number of anilines is 1. The molecule has 0 aliphatic carbocycles. The summed E-state index contributed by atoms with van der Waals surface area (Å²) in [5, 5.41) is 10.2. The van der Waals surface area contributed by atoms with Gasteiger partial charge in [-0.1, -0.05) is 57.2 Å². The van der Waals surface area contributed by atoms with E-state index >= 15 is 0 Å². The molecule has 0 saturated heterocycles. The third kappa shape index (κ3) is 10.1. The van der Waals surface area contributed by atoms with Crippen molar-refractivity contribution in [2.75, 3.05) is 38.0 Å². The highest BCUT2D eigenvalue weighted by Gasteiger charge is 2.33. The van der Waals surface area contributed by atoms with E-state index in [4.69, 9.17) is 0 Å². The van der Waals surface area contributed by atoms with E-state index in [1.807, 2.05) is 36.4 Å². The topological polar surface area (TPSA) is 36.1 Å². The Morgan fingerprint density at radius 1 is 1.00 bits per heavy atom. The van der Waals surface area contributed by atoms with Crippen LogP contribution >= 0.6 is 0 Å². The van der Waals surface area contributed by atoms with Crippen molar-refractivity contribution in [1.29, 1.82) is 0 Å². The fourth-order valence-corrected chi connectivity index (χ4v) is 4.31. The fraction of sp³-hybridized carbons (Fsp3) is 0.571. The zero-order valence-corrected chi connectivity index (χ0v) is 20.9. The first-order valence-electron chi connectivity index (χ1n) is 12.7. The third-order valence-corrected chi connectivity index (χ3v) is 6.53. The summed E-state index contributed by atoms with van der Waals surface area (Å²) < 4.78 is 39.1. The Morgan fingerprint density at radius 2 is 1.62 bits per heavy atom. The van der Waals surface area contributed by atoms with E-state index in [-0.39, 0.29) is 5.92 Å². The molecule has 2 aromatic carbocycles. The van der Waals surface area contributed by atoms with Crippen molar-refractivity contribution in [3.63, 3.8) is 0 Å². The second kappa shape index (κ2) is 15.0. The molecule has 1 aliphatic rings. The smallest absolute Gasteiger partial charge is 0.385 e. The number of hydrogen-bond donors (Lipinski definition) is 3. The standard InChI is InChI=1S/C22H36F3N3.C6H6/c1-4-26-11-5-6-12-27-14-16(2)7-8-18-15-28-21-10-9-19(22(23,24)25)13-20(21)17(18)3;1-2-4-6-5-3-1/h9-10,13,16-18,26-28H,4-8,11-12,14-15H2,1-3H3;1-6H. The van der Waals surface area contributed by atoms with Gasteiger partial charge in [-0.2, -0.15) is 13.2 Å². The van der Waals surface area contributed by atoms with Crippen LogP contribution in [0.1, 0.15) is 63.5 Å². The number of benzene rings is 2. The minimum absolute atomic E-state index is 0.143. The van der Waals surface area contributed by atoms with Crippen molar-refractivity contribution in [2.24, 2.45) is 11.8 Å². The van der Waals surface area contributed by atoms with Gasteiger partial charge in [-0.3, -0.25) is 0 Å². The van der Waals surface area contributed by atoms with E-state index in [0.29, 0.717) is 11.8 Å². The van der Waals surface area contributed by atoms with Crippen molar-refractivity contribution >= 4 is 5.69 Å². The zero-order chi connectivity index (χ0) is 24.8. The fourth-order valence-electron chi connectivity index (χ4n) is 4.31. The molecular formula is C28H42F3N3. The van der Waals surface area contributed by atoms with Crippen LogP contribution in [0.25, 0.3) is 0 Å². The van der Waals surface area contributed by atoms with Crippen LogP contribution in [0, 0.1) is 11.8 Å². The van der Waals surface area contributed by atoms with Crippen LogP contribution < -0.4 is 16.0 Å². The molecule has 3 nitrogen and oxygen atoms in total. The summed E-state index contributed by atoms with van der Waals surface area (Å²) in [5.41, 5.74) is 1.11. The maximum absolute atomic E-state index is 13.0. The Labute approximate surface area is 203 Å². The lowest BCUT2D eigenvalue weighted by Crippen LogP contribution is -2.28. The number of nitrogens with one attached hydrogen (secondary N) is 3. The van der Waals surface area contributed by atoms with Crippen LogP contribution in [-0.2, 0) is 6.18 Å². The Bertz CT molecular complexity index is 769. The van der Waals surface area contributed by atoms with E-state index < -0.39 is 11.7 Å². The minimum atomic E-state index is -4.28. The van der Waals surface area contributed by atoms with Gasteiger partial charge in [-0.25, -0.2) is 0 Å². The van der Waals surface area contributed by atoms with Gasteiger partial charge in [-0.15, -0.1) is 0 Å². The van der Waals surface area contributed by atoms with E-state index in [1.165, 1.54) is 25.0 Å². The Balaban J connectivity index is 0.000000589. The monoisotopic (exact) mass is 477 g/mol. The molecule has 0 spiro atoms. The molecule has 2 aromatic rings. The van der Waals surface area contributed by atoms with E-state index in [2.05, 4.69) is 36.7 Å². The number of alkyl halides is 3. The number of hydrogen-bond acceptors (Lipinski definition) is 3. The van der Waals surface area contributed by atoms with Crippen molar-refractivity contribution in [3.05, 3.63) is 65.7 Å². The molecule has 0 amide bonds. The maximum Gasteiger partial charge on any atom is 0.416 e. The number of rotatable bonds is 11. The molecule has 0 saturated carbocycles.